The van der Waals surface area contributed by atoms with Crippen LogP contribution in [0.4, 0.5) is 5.69 Å². The number of aryl methyl sites for hydroxylation is 1. The molecule has 1 aliphatic rings. The Balaban J connectivity index is 1.68. The molecule has 9 heteroatoms. The van der Waals surface area contributed by atoms with Gasteiger partial charge in [0.2, 0.25) is 0 Å². The fraction of sp³-hybridized carbons (Fsp3) is 0.238. The number of sulfonamides is 1. The van der Waals surface area contributed by atoms with Gasteiger partial charge in [0.05, 0.1) is 28.7 Å². The highest BCUT2D eigenvalue weighted by Crippen LogP contribution is 2.34. The number of hydrogen-bond donors (Lipinski definition) is 1. The van der Waals surface area contributed by atoms with Gasteiger partial charge in [0.25, 0.3) is 10.0 Å². The monoisotopic (exact) mass is 441 g/mol. The Morgan fingerprint density at radius 2 is 1.97 bits per heavy atom. The molecule has 0 saturated carbocycles. The molecular weight excluding hydrogens is 422 g/mol. The van der Waals surface area contributed by atoms with E-state index < -0.39 is 10.0 Å². The van der Waals surface area contributed by atoms with Crippen LogP contribution in [0.25, 0.3) is 0 Å². The first-order chi connectivity index (χ1) is 14.4. The summed E-state index contributed by atoms with van der Waals surface area (Å²) in [5.41, 5.74) is 2.12. The zero-order chi connectivity index (χ0) is 21.3. The molecule has 0 unspecified atom stereocenters. The second-order valence-corrected chi connectivity index (χ2v) is 9.57. The number of nitrogens with zero attached hydrogens (tertiary/aromatic N) is 4. The SMILES string of the molecule is Cn1cnc(S(=O)(=O)N2C[C@@H](Nc3cc(C#N)ccc3Cl)[C@H](c3ccccc3)C2)c1. The van der Waals surface area contributed by atoms with Crippen LogP contribution in [0, 0.1) is 11.3 Å². The van der Waals surface area contributed by atoms with Crippen LogP contribution in [-0.4, -0.2) is 41.4 Å². The summed E-state index contributed by atoms with van der Waals surface area (Å²) in [5.74, 6) is -0.0912. The molecule has 0 amide bonds. The first-order valence-electron chi connectivity index (χ1n) is 9.38. The van der Waals surface area contributed by atoms with Crippen molar-refractivity contribution in [1.29, 1.82) is 5.26 Å². The van der Waals surface area contributed by atoms with E-state index in [0.717, 1.165) is 5.56 Å². The highest BCUT2D eigenvalue weighted by Gasteiger charge is 2.41. The number of hydrogen-bond acceptors (Lipinski definition) is 5. The fourth-order valence-electron chi connectivity index (χ4n) is 3.71. The molecule has 30 heavy (non-hydrogen) atoms. The molecule has 0 radical (unpaired) electrons. The lowest BCUT2D eigenvalue weighted by Gasteiger charge is -2.22. The van der Waals surface area contributed by atoms with E-state index in [-0.39, 0.29) is 23.5 Å². The Hall–Kier alpha value is -2.86. The third-order valence-corrected chi connectivity index (χ3v) is 7.28. The Labute approximate surface area is 180 Å². The van der Waals surface area contributed by atoms with Crippen molar-refractivity contribution in [1.82, 2.24) is 13.9 Å². The highest BCUT2D eigenvalue weighted by atomic mass is 35.5. The van der Waals surface area contributed by atoms with Gasteiger partial charge < -0.3 is 9.88 Å². The van der Waals surface area contributed by atoms with E-state index in [4.69, 9.17) is 11.6 Å². The van der Waals surface area contributed by atoms with Crippen molar-refractivity contribution in [3.63, 3.8) is 0 Å². The molecule has 4 rings (SSSR count). The quantitative estimate of drug-likeness (QED) is 0.656. The minimum Gasteiger partial charge on any atom is -0.379 e. The predicted octanol–water partition coefficient (Wildman–Crippen LogP) is 3.21. The average Bonchev–Trinajstić information content (AvgIpc) is 3.37. The molecule has 2 aromatic carbocycles. The second kappa shape index (κ2) is 8.11. The Morgan fingerprint density at radius 1 is 1.20 bits per heavy atom. The lowest BCUT2D eigenvalue weighted by atomic mass is 9.94. The van der Waals surface area contributed by atoms with E-state index in [9.17, 15) is 13.7 Å². The number of nitrogens with one attached hydrogen (secondary N) is 1. The summed E-state index contributed by atoms with van der Waals surface area (Å²) in [6, 6.07) is 16.6. The zero-order valence-electron chi connectivity index (χ0n) is 16.2. The average molecular weight is 442 g/mol. The number of imidazole rings is 1. The first-order valence-corrected chi connectivity index (χ1v) is 11.2. The van der Waals surface area contributed by atoms with E-state index in [1.54, 1.807) is 29.8 Å². The summed E-state index contributed by atoms with van der Waals surface area (Å²) in [6.07, 6.45) is 2.97. The van der Waals surface area contributed by atoms with Gasteiger partial charge in [-0.05, 0) is 23.8 Å². The fourth-order valence-corrected chi connectivity index (χ4v) is 5.34. The van der Waals surface area contributed by atoms with Gasteiger partial charge in [-0.1, -0.05) is 41.9 Å². The summed E-state index contributed by atoms with van der Waals surface area (Å²) < 4.78 is 29.3. The Morgan fingerprint density at radius 3 is 2.63 bits per heavy atom. The van der Waals surface area contributed by atoms with Crippen molar-refractivity contribution in [2.75, 3.05) is 18.4 Å². The number of halogens is 1. The topological polar surface area (TPSA) is 91.0 Å². The number of benzene rings is 2. The molecule has 1 N–H and O–H groups in total. The third kappa shape index (κ3) is 3.92. The van der Waals surface area contributed by atoms with Crippen LogP contribution in [0.1, 0.15) is 17.0 Å². The van der Waals surface area contributed by atoms with Crippen LogP contribution in [0.3, 0.4) is 0 Å². The number of aromatic nitrogens is 2. The summed E-state index contributed by atoms with van der Waals surface area (Å²) in [5, 5.41) is 13.1. The van der Waals surface area contributed by atoms with Crippen molar-refractivity contribution >= 4 is 27.3 Å². The minimum absolute atomic E-state index is 0.0296. The second-order valence-electron chi connectivity index (χ2n) is 7.27. The molecule has 1 fully saturated rings. The molecule has 7 nitrogen and oxygen atoms in total. The molecular formula is C21H20ClN5O2S. The summed E-state index contributed by atoms with van der Waals surface area (Å²) in [7, 11) is -2.00. The molecule has 0 bridgehead atoms. The molecule has 2 atom stereocenters. The highest BCUT2D eigenvalue weighted by molar-refractivity contribution is 7.89. The third-order valence-electron chi connectivity index (χ3n) is 5.24. The van der Waals surface area contributed by atoms with Crippen LogP contribution in [0.15, 0.2) is 66.1 Å². The Kier molecular flexibility index (Phi) is 5.52. The molecule has 0 aliphatic carbocycles. The van der Waals surface area contributed by atoms with Gasteiger partial charge in [-0.2, -0.15) is 9.57 Å². The van der Waals surface area contributed by atoms with Crippen molar-refractivity contribution in [2.45, 2.75) is 17.0 Å². The van der Waals surface area contributed by atoms with Crippen molar-refractivity contribution in [2.24, 2.45) is 7.05 Å². The minimum atomic E-state index is -3.73. The van der Waals surface area contributed by atoms with E-state index in [2.05, 4.69) is 16.4 Å². The zero-order valence-corrected chi connectivity index (χ0v) is 17.8. The number of rotatable bonds is 5. The maximum atomic E-state index is 13.1. The van der Waals surface area contributed by atoms with E-state index >= 15 is 0 Å². The van der Waals surface area contributed by atoms with Gasteiger partial charge in [0, 0.05) is 38.3 Å². The van der Waals surface area contributed by atoms with Gasteiger partial charge in [0.1, 0.15) is 0 Å². The molecule has 0 spiro atoms. The molecule has 3 aromatic rings. The van der Waals surface area contributed by atoms with Gasteiger partial charge >= 0.3 is 0 Å². The first kappa shape index (κ1) is 20.4. The van der Waals surface area contributed by atoms with E-state index in [1.807, 2.05) is 30.3 Å². The van der Waals surface area contributed by atoms with Crippen molar-refractivity contribution in [3.8, 4) is 6.07 Å². The van der Waals surface area contributed by atoms with Crippen molar-refractivity contribution < 1.29 is 8.42 Å². The van der Waals surface area contributed by atoms with E-state index in [1.165, 1.54) is 16.8 Å². The van der Waals surface area contributed by atoms with Crippen LogP contribution in [0.2, 0.25) is 5.02 Å². The van der Waals surface area contributed by atoms with Crippen LogP contribution >= 0.6 is 11.6 Å². The predicted molar refractivity (Wildman–Crippen MR) is 115 cm³/mol. The largest absolute Gasteiger partial charge is 0.379 e. The maximum absolute atomic E-state index is 13.1. The maximum Gasteiger partial charge on any atom is 0.262 e. The molecule has 1 aliphatic heterocycles. The molecule has 1 aromatic heterocycles. The summed E-state index contributed by atoms with van der Waals surface area (Å²) in [4.78, 5) is 4.03. The molecule has 1 saturated heterocycles. The van der Waals surface area contributed by atoms with Gasteiger partial charge in [-0.3, -0.25) is 0 Å². The van der Waals surface area contributed by atoms with Gasteiger partial charge in [-0.15, -0.1) is 0 Å². The number of anilines is 1. The molecule has 2 heterocycles. The molecule has 154 valence electrons. The summed E-state index contributed by atoms with van der Waals surface area (Å²) >= 11 is 6.33. The van der Waals surface area contributed by atoms with E-state index in [0.29, 0.717) is 22.8 Å². The standard InChI is InChI=1S/C21H20ClN5O2S/c1-26-13-21(24-14-26)30(28,29)27-11-17(16-5-3-2-4-6-16)20(12-27)25-19-9-15(10-23)7-8-18(19)22/h2-9,13-14,17,20,25H,11-12H2,1H3/t17-,20+/m0/s1. The van der Waals surface area contributed by atoms with Crippen molar-refractivity contribution in [3.05, 3.63) is 77.2 Å². The van der Waals surface area contributed by atoms with Crippen LogP contribution in [-0.2, 0) is 17.1 Å². The van der Waals surface area contributed by atoms with Crippen LogP contribution < -0.4 is 5.32 Å². The smallest absolute Gasteiger partial charge is 0.262 e. The number of nitriles is 1. The van der Waals surface area contributed by atoms with Gasteiger partial charge in [0.15, 0.2) is 5.03 Å². The Bertz CT molecular complexity index is 1200. The van der Waals surface area contributed by atoms with Gasteiger partial charge in [-0.25, -0.2) is 13.4 Å². The lowest BCUT2D eigenvalue weighted by Crippen LogP contribution is -2.32. The van der Waals surface area contributed by atoms with Crippen LogP contribution in [0.5, 0.6) is 0 Å². The summed E-state index contributed by atoms with van der Waals surface area (Å²) in [6.45, 7) is 0.571. The normalized spacial score (nSPS) is 19.5. The lowest BCUT2D eigenvalue weighted by molar-refractivity contribution is 0.468.